The van der Waals surface area contributed by atoms with Gasteiger partial charge in [-0.2, -0.15) is 18.3 Å². The molecule has 28 heavy (non-hydrogen) atoms. The van der Waals surface area contributed by atoms with Gasteiger partial charge >= 0.3 is 6.18 Å². The van der Waals surface area contributed by atoms with Crippen LogP contribution in [0.4, 0.5) is 19.0 Å². The fraction of sp³-hybridized carbons (Fsp3) is 0.300. The molecule has 1 aliphatic rings. The molecule has 1 saturated carbocycles. The summed E-state index contributed by atoms with van der Waals surface area (Å²) in [5.74, 6) is 0.518. The highest BCUT2D eigenvalue weighted by atomic mass is 19.4. The van der Waals surface area contributed by atoms with E-state index in [2.05, 4.69) is 15.5 Å². The second-order valence-corrected chi connectivity index (χ2v) is 6.83. The molecule has 1 heterocycles. The highest BCUT2D eigenvalue weighted by Gasteiger charge is 2.30. The first-order valence-corrected chi connectivity index (χ1v) is 9.03. The third-order valence-corrected chi connectivity index (χ3v) is 4.85. The lowest BCUT2D eigenvalue weighted by Gasteiger charge is -2.12. The van der Waals surface area contributed by atoms with Gasteiger partial charge in [-0.15, -0.1) is 0 Å². The van der Waals surface area contributed by atoms with Crippen LogP contribution >= 0.6 is 0 Å². The van der Waals surface area contributed by atoms with Crippen LogP contribution in [0.25, 0.3) is 10.9 Å². The summed E-state index contributed by atoms with van der Waals surface area (Å²) < 4.78 is 43.9. The number of nitrogens with one attached hydrogen (secondary N) is 2. The van der Waals surface area contributed by atoms with E-state index in [1.54, 1.807) is 6.07 Å². The molecule has 1 amide bonds. The molecule has 2 aromatic carbocycles. The van der Waals surface area contributed by atoms with E-state index in [0.29, 0.717) is 16.7 Å². The van der Waals surface area contributed by atoms with E-state index in [1.807, 2.05) is 12.1 Å². The van der Waals surface area contributed by atoms with Crippen molar-refractivity contribution in [3.05, 3.63) is 53.6 Å². The molecule has 0 spiro atoms. The molecule has 2 N–H and O–H groups in total. The van der Waals surface area contributed by atoms with Crippen LogP contribution in [0.15, 0.2) is 42.5 Å². The minimum absolute atomic E-state index is 0.116. The Balaban J connectivity index is 1.49. The Kier molecular flexibility index (Phi) is 4.70. The first kappa shape index (κ1) is 18.3. The molecule has 0 radical (unpaired) electrons. The summed E-state index contributed by atoms with van der Waals surface area (Å²) >= 11 is 0. The fourth-order valence-electron chi connectivity index (χ4n) is 3.36. The van der Waals surface area contributed by atoms with E-state index >= 15 is 0 Å². The molecule has 8 heteroatoms. The van der Waals surface area contributed by atoms with E-state index in [-0.39, 0.29) is 11.7 Å². The maximum absolute atomic E-state index is 12.6. The van der Waals surface area contributed by atoms with Gasteiger partial charge in [0.15, 0.2) is 5.82 Å². The average molecular weight is 389 g/mol. The zero-order chi connectivity index (χ0) is 19.7. The standard InChI is InChI=1S/C20H18F3N3O2/c21-20(22,23)13-7-5-12(6-8-13)19(27)24-18-16-10-9-15(11-17(16)25-26-18)28-14-3-1-2-4-14/h5-11,14H,1-4H2,(H2,24,25,26,27). The van der Waals surface area contributed by atoms with Gasteiger partial charge in [0.05, 0.1) is 17.2 Å². The molecule has 0 aliphatic heterocycles. The smallest absolute Gasteiger partial charge is 0.416 e. The van der Waals surface area contributed by atoms with Gasteiger partial charge in [0.1, 0.15) is 5.75 Å². The molecule has 0 saturated heterocycles. The Hall–Kier alpha value is -3.03. The minimum Gasteiger partial charge on any atom is -0.490 e. The molecule has 4 rings (SSSR count). The summed E-state index contributed by atoms with van der Waals surface area (Å²) in [4.78, 5) is 12.3. The predicted molar refractivity (Wildman–Crippen MR) is 98.4 cm³/mol. The van der Waals surface area contributed by atoms with Crippen molar-refractivity contribution in [2.24, 2.45) is 0 Å². The van der Waals surface area contributed by atoms with Crippen molar-refractivity contribution >= 4 is 22.6 Å². The van der Waals surface area contributed by atoms with Crippen LogP contribution in [-0.4, -0.2) is 22.2 Å². The summed E-state index contributed by atoms with van der Waals surface area (Å²) in [6, 6.07) is 9.49. The molecular formula is C20H18F3N3O2. The summed E-state index contributed by atoms with van der Waals surface area (Å²) in [6.07, 6.45) is 0.254. The third kappa shape index (κ3) is 3.81. The second kappa shape index (κ2) is 7.18. The maximum atomic E-state index is 12.6. The normalized spacial score (nSPS) is 15.1. The van der Waals surface area contributed by atoms with Gasteiger partial charge in [0.2, 0.25) is 0 Å². The average Bonchev–Trinajstić information content (AvgIpc) is 3.31. The van der Waals surface area contributed by atoms with E-state index in [9.17, 15) is 18.0 Å². The molecule has 1 aromatic heterocycles. The number of carbonyl (C=O) groups excluding carboxylic acids is 1. The number of fused-ring (bicyclic) bond motifs is 1. The van der Waals surface area contributed by atoms with E-state index < -0.39 is 17.6 Å². The number of H-pyrrole nitrogens is 1. The van der Waals surface area contributed by atoms with Crippen molar-refractivity contribution in [3.63, 3.8) is 0 Å². The van der Waals surface area contributed by atoms with Gasteiger partial charge < -0.3 is 10.1 Å². The molecular weight excluding hydrogens is 371 g/mol. The zero-order valence-corrected chi connectivity index (χ0v) is 14.8. The number of carbonyl (C=O) groups is 1. The summed E-state index contributed by atoms with van der Waals surface area (Å²) in [7, 11) is 0. The molecule has 3 aromatic rings. The van der Waals surface area contributed by atoms with Crippen molar-refractivity contribution in [3.8, 4) is 5.75 Å². The van der Waals surface area contributed by atoms with Crippen LogP contribution in [0.5, 0.6) is 5.75 Å². The highest BCUT2D eigenvalue weighted by molar-refractivity contribution is 6.07. The first-order chi connectivity index (χ1) is 13.4. The molecule has 0 bridgehead atoms. The van der Waals surface area contributed by atoms with Crippen LogP contribution in [0, 0.1) is 0 Å². The predicted octanol–water partition coefficient (Wildman–Crippen LogP) is 5.16. The minimum atomic E-state index is -4.44. The van der Waals surface area contributed by atoms with Crippen molar-refractivity contribution < 1.29 is 22.7 Å². The van der Waals surface area contributed by atoms with Crippen molar-refractivity contribution in [2.75, 3.05) is 5.32 Å². The highest BCUT2D eigenvalue weighted by Crippen LogP contribution is 2.30. The largest absolute Gasteiger partial charge is 0.490 e. The summed E-state index contributed by atoms with van der Waals surface area (Å²) in [5.41, 5.74) is 0.0209. The van der Waals surface area contributed by atoms with Gasteiger partial charge in [0, 0.05) is 17.0 Å². The lowest BCUT2D eigenvalue weighted by Crippen LogP contribution is -2.13. The Labute approximate surface area is 158 Å². The van der Waals surface area contributed by atoms with Crippen LogP contribution in [0.3, 0.4) is 0 Å². The molecule has 0 atom stereocenters. The Morgan fingerprint density at radius 3 is 2.50 bits per heavy atom. The number of aromatic amines is 1. The van der Waals surface area contributed by atoms with Crippen LogP contribution < -0.4 is 10.1 Å². The molecule has 146 valence electrons. The Morgan fingerprint density at radius 1 is 1.11 bits per heavy atom. The van der Waals surface area contributed by atoms with Gasteiger partial charge in [0.25, 0.3) is 5.91 Å². The number of hydrogen-bond acceptors (Lipinski definition) is 3. The molecule has 0 unspecified atom stereocenters. The van der Waals surface area contributed by atoms with Crippen LogP contribution in [-0.2, 0) is 6.18 Å². The maximum Gasteiger partial charge on any atom is 0.416 e. The lowest BCUT2D eigenvalue weighted by atomic mass is 10.1. The monoisotopic (exact) mass is 389 g/mol. The number of aromatic nitrogens is 2. The SMILES string of the molecule is O=C(Nc1n[nH]c2cc(OC3CCCC3)ccc12)c1ccc(C(F)(F)F)cc1. The third-order valence-electron chi connectivity index (χ3n) is 4.85. The van der Waals surface area contributed by atoms with Gasteiger partial charge in [-0.3, -0.25) is 9.89 Å². The second-order valence-electron chi connectivity index (χ2n) is 6.83. The number of hydrogen-bond donors (Lipinski definition) is 2. The summed E-state index contributed by atoms with van der Waals surface area (Å²) in [6.45, 7) is 0. The van der Waals surface area contributed by atoms with Crippen molar-refractivity contribution in [1.82, 2.24) is 10.2 Å². The number of amides is 1. The lowest BCUT2D eigenvalue weighted by molar-refractivity contribution is -0.137. The first-order valence-electron chi connectivity index (χ1n) is 9.03. The Morgan fingerprint density at radius 2 is 1.82 bits per heavy atom. The topological polar surface area (TPSA) is 67.0 Å². The number of anilines is 1. The summed E-state index contributed by atoms with van der Waals surface area (Å²) in [5, 5.41) is 10.3. The van der Waals surface area contributed by atoms with Crippen LogP contribution in [0.1, 0.15) is 41.6 Å². The number of halogens is 3. The number of nitrogens with zero attached hydrogens (tertiary/aromatic N) is 1. The van der Waals surface area contributed by atoms with E-state index in [0.717, 1.165) is 42.9 Å². The van der Waals surface area contributed by atoms with Crippen molar-refractivity contribution in [1.29, 1.82) is 0 Å². The number of rotatable bonds is 4. The number of ether oxygens (including phenoxy) is 1. The van der Waals surface area contributed by atoms with Crippen molar-refractivity contribution in [2.45, 2.75) is 38.0 Å². The molecule has 1 fully saturated rings. The molecule has 5 nitrogen and oxygen atoms in total. The number of benzene rings is 2. The number of alkyl halides is 3. The van der Waals surface area contributed by atoms with Crippen LogP contribution in [0.2, 0.25) is 0 Å². The Bertz CT molecular complexity index is 990. The van der Waals surface area contributed by atoms with E-state index in [4.69, 9.17) is 4.74 Å². The van der Waals surface area contributed by atoms with Gasteiger partial charge in [-0.25, -0.2) is 0 Å². The van der Waals surface area contributed by atoms with E-state index in [1.165, 1.54) is 12.8 Å². The quantitative estimate of drug-likeness (QED) is 0.648. The zero-order valence-electron chi connectivity index (χ0n) is 14.8. The fourth-order valence-corrected chi connectivity index (χ4v) is 3.36. The van der Waals surface area contributed by atoms with Gasteiger partial charge in [-0.1, -0.05) is 0 Å². The van der Waals surface area contributed by atoms with Gasteiger partial charge in [-0.05, 0) is 62.1 Å². The molecule has 1 aliphatic carbocycles.